The number of esters is 4. The average molecular weight is 1230 g/mol. The summed E-state index contributed by atoms with van der Waals surface area (Å²) in [5, 5.41) is 0. The number of rotatable bonds is 22. The molecular weight excluding hydrogens is 1140 g/mol. The van der Waals surface area contributed by atoms with Gasteiger partial charge in [-0.3, -0.25) is 0 Å². The molecule has 91 heavy (non-hydrogen) atoms. The number of carbonyl (C=O) groups excluding carboxylic acids is 4. The molecule has 0 aliphatic carbocycles. The molecule has 0 aliphatic heterocycles. The maximum atomic E-state index is 12.2. The van der Waals surface area contributed by atoms with Gasteiger partial charge in [-0.15, -0.1) is 6.42 Å². The smallest absolute Gasteiger partial charge is 0.358 e. The van der Waals surface area contributed by atoms with Gasteiger partial charge < -0.3 is 33.2 Å². The van der Waals surface area contributed by atoms with Crippen LogP contribution in [0, 0.1) is 12.3 Å². The summed E-state index contributed by atoms with van der Waals surface area (Å²) in [5.74, 6) is 2.76. The summed E-state index contributed by atoms with van der Waals surface area (Å²) >= 11 is 0. The summed E-state index contributed by atoms with van der Waals surface area (Å²) in [7, 11) is 4.69. The van der Waals surface area contributed by atoms with Crippen molar-refractivity contribution in [3.05, 3.63) is 197 Å². The van der Waals surface area contributed by atoms with Crippen molar-refractivity contribution in [1.29, 1.82) is 0 Å². The molecule has 4 aromatic heterocycles. The highest BCUT2D eigenvalue weighted by Crippen LogP contribution is 2.29. The summed E-state index contributed by atoms with van der Waals surface area (Å²) in [6.45, 7) is 23.3. The molecule has 0 aliphatic rings. The highest BCUT2D eigenvalue weighted by molar-refractivity contribution is 5.90. The number of carbonyl (C=O) groups is 4. The molecule has 4 aromatic carbocycles. The third-order valence-corrected chi connectivity index (χ3v) is 13.9. The second-order valence-electron chi connectivity index (χ2n) is 22.2. The first-order valence-corrected chi connectivity index (χ1v) is 31.0. The fourth-order valence-corrected chi connectivity index (χ4v) is 8.81. The van der Waals surface area contributed by atoms with Crippen LogP contribution < -0.4 is 14.2 Å². The van der Waals surface area contributed by atoms with Crippen molar-refractivity contribution in [2.45, 2.75) is 152 Å². The zero-order valence-electron chi connectivity index (χ0n) is 55.4. The van der Waals surface area contributed by atoms with Crippen molar-refractivity contribution in [3.63, 3.8) is 0 Å². The number of ether oxygens (including phenoxy) is 7. The van der Waals surface area contributed by atoms with E-state index in [1.54, 1.807) is 58.6 Å². The van der Waals surface area contributed by atoms with E-state index in [1.807, 2.05) is 114 Å². The number of benzene rings is 4. The van der Waals surface area contributed by atoms with Crippen LogP contribution in [0.1, 0.15) is 172 Å². The van der Waals surface area contributed by atoms with Crippen molar-refractivity contribution in [3.8, 4) is 74.6 Å². The van der Waals surface area contributed by atoms with E-state index in [0.717, 1.165) is 66.5 Å². The molecule has 0 saturated heterocycles. The molecule has 8 rings (SSSR count). The third-order valence-electron chi connectivity index (χ3n) is 13.9. The largest absolute Gasteiger partial charge is 0.497 e. The Hall–Kier alpha value is -9.68. The van der Waals surface area contributed by atoms with Crippen LogP contribution in [-0.2, 0) is 38.2 Å². The Bertz CT molecular complexity index is 3650. The van der Waals surface area contributed by atoms with Crippen molar-refractivity contribution < 1.29 is 52.3 Å². The number of methoxy groups -OCH3 is 3. The van der Waals surface area contributed by atoms with Gasteiger partial charge in [-0.2, -0.15) is 0 Å². The molecule has 2 atom stereocenters. The molecule has 0 N–H and O–H groups in total. The fraction of sp³-hybridized carbons (Fsp3) is 0.342. The maximum Gasteiger partial charge on any atom is 0.358 e. The predicted molar refractivity (Wildman–Crippen MR) is 360 cm³/mol. The number of pyridine rings is 4. The van der Waals surface area contributed by atoms with Gasteiger partial charge in [0.05, 0.1) is 62.4 Å². The quantitative estimate of drug-likeness (QED) is 0.0354. The summed E-state index contributed by atoms with van der Waals surface area (Å²) in [6.07, 6.45) is 10.5. The second-order valence-corrected chi connectivity index (χ2v) is 22.2. The van der Waals surface area contributed by atoms with Crippen LogP contribution in [0.5, 0.6) is 17.2 Å². The zero-order chi connectivity index (χ0) is 66.6. The number of terminal acetylenes is 1. The minimum atomic E-state index is -0.609. The van der Waals surface area contributed by atoms with Gasteiger partial charge in [-0.25, -0.2) is 39.1 Å². The van der Waals surface area contributed by atoms with Crippen molar-refractivity contribution in [1.82, 2.24) is 19.9 Å². The average Bonchev–Trinajstić information content (AvgIpc) is 1.95. The Morgan fingerprint density at radius 1 is 0.407 bits per heavy atom. The van der Waals surface area contributed by atoms with E-state index in [2.05, 4.69) is 109 Å². The molecule has 8 aromatic rings. The number of aromatic nitrogens is 4. The molecule has 0 amide bonds. The monoisotopic (exact) mass is 1230 g/mol. The molecule has 0 fully saturated rings. The van der Waals surface area contributed by atoms with Crippen LogP contribution in [-0.4, -0.2) is 89.6 Å². The van der Waals surface area contributed by atoms with Crippen molar-refractivity contribution in [2.75, 3.05) is 21.3 Å². The van der Waals surface area contributed by atoms with E-state index in [9.17, 15) is 19.2 Å². The zero-order valence-corrected chi connectivity index (χ0v) is 55.4. The molecular formula is C76H88N4O11. The highest BCUT2D eigenvalue weighted by atomic mass is 16.6. The van der Waals surface area contributed by atoms with Crippen molar-refractivity contribution >= 4 is 23.9 Å². The van der Waals surface area contributed by atoms with E-state index < -0.39 is 24.0 Å². The third kappa shape index (κ3) is 23.0. The Balaban J connectivity index is 0.000000221. The van der Waals surface area contributed by atoms with Gasteiger partial charge in [0, 0.05) is 58.7 Å². The van der Waals surface area contributed by atoms with Crippen LogP contribution >= 0.6 is 0 Å². The first-order chi connectivity index (χ1) is 43.6. The van der Waals surface area contributed by atoms with Gasteiger partial charge in [0.15, 0.2) is 23.2 Å². The van der Waals surface area contributed by atoms with E-state index in [0.29, 0.717) is 45.9 Å². The first-order valence-electron chi connectivity index (χ1n) is 31.0. The van der Waals surface area contributed by atoms with Gasteiger partial charge in [-0.05, 0) is 114 Å². The number of nitrogens with zero attached hydrogens (tertiary/aromatic N) is 4. The lowest BCUT2D eigenvalue weighted by Crippen LogP contribution is -2.14. The SMILES string of the molecule is C#CC(C)OC(=O)c1cc(OC)cc(-c2ccc(CCC)cc2)n1.CCC(C)c1ccc(-c2cc(OC)cc(C(=O)OC(C)C)n2)cc1.CCCc1ccc(-c2cc(OC)cc(C(=O)OC(C)C)n2)cc1.CCc1ccc(-c2cccc(C(=O)OC(C)C)n2)cc1. The Morgan fingerprint density at radius 2 is 0.736 bits per heavy atom. The van der Waals surface area contributed by atoms with Crippen molar-refractivity contribution in [2.24, 2.45) is 0 Å². The lowest BCUT2D eigenvalue weighted by atomic mass is 9.97. The molecule has 15 heteroatoms. The van der Waals surface area contributed by atoms with Gasteiger partial charge in [0.1, 0.15) is 22.9 Å². The molecule has 0 spiro atoms. The van der Waals surface area contributed by atoms with Crippen LogP contribution in [0.15, 0.2) is 152 Å². The molecule has 0 saturated carbocycles. The minimum Gasteiger partial charge on any atom is -0.497 e. The second kappa shape index (κ2) is 36.7. The molecule has 15 nitrogen and oxygen atoms in total. The van der Waals surface area contributed by atoms with Crippen LogP contribution in [0.25, 0.3) is 45.0 Å². The number of hydrogen-bond acceptors (Lipinski definition) is 15. The molecule has 0 radical (unpaired) electrons. The topological polar surface area (TPSA) is 184 Å². The number of aryl methyl sites for hydroxylation is 3. The highest BCUT2D eigenvalue weighted by Gasteiger charge is 2.19. The van der Waals surface area contributed by atoms with E-state index in [4.69, 9.17) is 39.6 Å². The van der Waals surface area contributed by atoms with E-state index >= 15 is 0 Å². The Labute approximate surface area is 538 Å². The summed E-state index contributed by atoms with van der Waals surface area (Å²) in [5.41, 5.74) is 12.8. The normalized spacial score (nSPS) is 11.2. The van der Waals surface area contributed by atoms with Gasteiger partial charge in [0.25, 0.3) is 0 Å². The number of hydrogen-bond donors (Lipinski definition) is 0. The molecule has 478 valence electrons. The maximum absolute atomic E-state index is 12.2. The summed E-state index contributed by atoms with van der Waals surface area (Å²) in [4.78, 5) is 65.9. The molecule has 0 bridgehead atoms. The van der Waals surface area contributed by atoms with E-state index in [1.165, 1.54) is 22.3 Å². The van der Waals surface area contributed by atoms with Crippen LogP contribution in [0.3, 0.4) is 0 Å². The van der Waals surface area contributed by atoms with Gasteiger partial charge in [-0.1, -0.05) is 157 Å². The molecule has 2 unspecified atom stereocenters. The van der Waals surface area contributed by atoms with Crippen LogP contribution in [0.4, 0.5) is 0 Å². The lowest BCUT2D eigenvalue weighted by molar-refractivity contribution is 0.0360. The fourth-order valence-electron chi connectivity index (χ4n) is 8.81. The van der Waals surface area contributed by atoms with Gasteiger partial charge >= 0.3 is 23.9 Å². The first kappa shape index (κ1) is 72.1. The summed E-state index contributed by atoms with van der Waals surface area (Å²) in [6, 6.07) is 48.4. The predicted octanol–water partition coefficient (Wildman–Crippen LogP) is 16.9. The summed E-state index contributed by atoms with van der Waals surface area (Å²) < 4.78 is 36.6. The molecule has 4 heterocycles. The standard InChI is InChI=1S/C20H25NO3.C20H21NO3.C19H23NO3.C17H19NO2/c1-6-14(4)15-7-9-16(10-8-15)18-11-17(23-5)12-19(21-18)20(22)24-13(2)3;1-5-7-15-8-10-16(11-9-15)18-12-17(23-4)13-19(21-18)20(22)24-14(3)6-2;1-5-6-14-7-9-15(10-8-14)17-11-16(22-4)12-18(20-17)19(21)23-13(2)3;1-4-13-8-10-14(11-9-13)15-6-5-7-16(18-15)17(19)20-12(2)3/h7-14H,6H2,1-5H3;2,8-14H,5,7H2,1,3-4H3;7-13H,5-6H2,1-4H3;5-12H,4H2,1-3H3. The minimum absolute atomic E-state index is 0.142. The Kier molecular flexibility index (Phi) is 29.1. The lowest BCUT2D eigenvalue weighted by Gasteiger charge is -2.12. The van der Waals surface area contributed by atoms with Gasteiger partial charge in [0.2, 0.25) is 0 Å². The van der Waals surface area contributed by atoms with Crippen LogP contribution in [0.2, 0.25) is 0 Å². The Morgan fingerprint density at radius 3 is 1.07 bits per heavy atom. The van der Waals surface area contributed by atoms with E-state index in [-0.39, 0.29) is 41.4 Å².